The van der Waals surface area contributed by atoms with E-state index in [4.69, 9.17) is 5.73 Å². The molecule has 5 heteroatoms. The zero-order valence-corrected chi connectivity index (χ0v) is 8.30. The van der Waals surface area contributed by atoms with Gasteiger partial charge in [-0.2, -0.15) is 0 Å². The molecule has 1 aromatic carbocycles. The molecule has 0 aliphatic carbocycles. The lowest BCUT2D eigenvalue weighted by Crippen LogP contribution is -2.23. The van der Waals surface area contributed by atoms with Crippen molar-refractivity contribution in [2.75, 3.05) is 6.61 Å². The van der Waals surface area contributed by atoms with Gasteiger partial charge in [-0.3, -0.25) is 0 Å². The molecule has 0 spiro atoms. The topological polar surface area (TPSA) is 92.8 Å². The van der Waals surface area contributed by atoms with E-state index in [1.54, 1.807) is 6.92 Å². The first kappa shape index (κ1) is 11.3. The summed E-state index contributed by atoms with van der Waals surface area (Å²) in [6.45, 7) is 1.84. The van der Waals surface area contributed by atoms with E-state index in [2.05, 4.69) is 4.74 Å². The molecule has 0 bridgehead atoms. The predicted molar refractivity (Wildman–Crippen MR) is 53.3 cm³/mol. The molecule has 0 radical (unpaired) electrons. The number of aromatic hydroxyl groups is 2. The third-order valence-corrected chi connectivity index (χ3v) is 1.91. The Labute approximate surface area is 87.1 Å². The molecule has 0 aromatic heterocycles. The number of phenolic OH excluding ortho intramolecular Hbond substituents is 2. The van der Waals surface area contributed by atoms with Gasteiger partial charge in [0.2, 0.25) is 0 Å². The van der Waals surface area contributed by atoms with Crippen LogP contribution in [-0.2, 0) is 9.53 Å². The lowest BCUT2D eigenvalue weighted by Gasteiger charge is -2.13. The number of phenols is 2. The van der Waals surface area contributed by atoms with Crippen LogP contribution < -0.4 is 5.73 Å². The van der Waals surface area contributed by atoms with Crippen LogP contribution in [0.1, 0.15) is 18.5 Å². The summed E-state index contributed by atoms with van der Waals surface area (Å²) in [4.78, 5) is 11.3. The van der Waals surface area contributed by atoms with E-state index in [1.807, 2.05) is 0 Å². The number of esters is 1. The highest BCUT2D eigenvalue weighted by molar-refractivity contribution is 5.79. The molecule has 82 valence electrons. The van der Waals surface area contributed by atoms with Crippen LogP contribution in [0.5, 0.6) is 11.5 Å². The number of nitrogens with two attached hydrogens (primary N) is 1. The Hall–Kier alpha value is -1.75. The van der Waals surface area contributed by atoms with Crippen LogP contribution in [0.2, 0.25) is 0 Å². The first-order valence-corrected chi connectivity index (χ1v) is 4.51. The highest BCUT2D eigenvalue weighted by atomic mass is 16.5. The van der Waals surface area contributed by atoms with Gasteiger partial charge in [-0.1, -0.05) is 6.07 Å². The monoisotopic (exact) mass is 211 g/mol. The Morgan fingerprint density at radius 1 is 1.47 bits per heavy atom. The molecule has 1 atom stereocenters. The molecule has 15 heavy (non-hydrogen) atoms. The normalized spacial score (nSPS) is 12.1. The minimum absolute atomic E-state index is 0.0176. The number of hydrogen-bond acceptors (Lipinski definition) is 5. The highest BCUT2D eigenvalue weighted by Gasteiger charge is 2.23. The second kappa shape index (κ2) is 4.65. The minimum Gasteiger partial charge on any atom is -0.507 e. The maximum atomic E-state index is 11.3. The molecule has 0 heterocycles. The van der Waals surface area contributed by atoms with Gasteiger partial charge < -0.3 is 20.7 Å². The van der Waals surface area contributed by atoms with Crippen LogP contribution in [0.4, 0.5) is 0 Å². The molecule has 0 fully saturated rings. The summed E-state index contributed by atoms with van der Waals surface area (Å²) in [5.41, 5.74) is 5.51. The summed E-state index contributed by atoms with van der Waals surface area (Å²) in [6.07, 6.45) is 0. The summed E-state index contributed by atoms with van der Waals surface area (Å²) in [6, 6.07) is 2.96. The summed E-state index contributed by atoms with van der Waals surface area (Å²) in [5.74, 6) is -1.14. The molecular formula is C10H13NO4. The van der Waals surface area contributed by atoms with Gasteiger partial charge >= 0.3 is 5.97 Å². The second-order valence-electron chi connectivity index (χ2n) is 2.94. The molecule has 1 rings (SSSR count). The van der Waals surface area contributed by atoms with E-state index in [0.29, 0.717) is 0 Å². The van der Waals surface area contributed by atoms with E-state index in [1.165, 1.54) is 18.2 Å². The van der Waals surface area contributed by atoms with Gasteiger partial charge in [-0.05, 0) is 19.1 Å². The van der Waals surface area contributed by atoms with Crippen LogP contribution in [-0.4, -0.2) is 22.8 Å². The van der Waals surface area contributed by atoms with E-state index >= 15 is 0 Å². The number of hydrogen-bond donors (Lipinski definition) is 3. The number of ether oxygens (including phenoxy) is 1. The molecule has 0 aliphatic rings. The third kappa shape index (κ3) is 2.38. The number of carbonyl (C=O) groups is 1. The number of benzene rings is 1. The smallest absolute Gasteiger partial charge is 0.327 e. The predicted octanol–water partition coefficient (Wildman–Crippen LogP) is 0.661. The second-order valence-corrected chi connectivity index (χ2v) is 2.94. The van der Waals surface area contributed by atoms with Gasteiger partial charge in [0.1, 0.15) is 17.5 Å². The highest BCUT2D eigenvalue weighted by Crippen LogP contribution is 2.31. The fourth-order valence-corrected chi connectivity index (χ4v) is 1.21. The fourth-order valence-electron chi connectivity index (χ4n) is 1.21. The van der Waals surface area contributed by atoms with Crippen molar-refractivity contribution in [1.29, 1.82) is 0 Å². The minimum atomic E-state index is -1.17. The maximum Gasteiger partial charge on any atom is 0.327 e. The number of carbonyl (C=O) groups excluding carboxylic acids is 1. The molecule has 4 N–H and O–H groups in total. The van der Waals surface area contributed by atoms with E-state index in [0.717, 1.165) is 0 Å². The SMILES string of the molecule is CCOC(=O)[C@@H](N)c1c(O)cccc1O. The Morgan fingerprint density at radius 2 is 2.00 bits per heavy atom. The van der Waals surface area contributed by atoms with Crippen LogP contribution >= 0.6 is 0 Å². The first-order valence-electron chi connectivity index (χ1n) is 4.51. The van der Waals surface area contributed by atoms with Gasteiger partial charge in [0.15, 0.2) is 0 Å². The Bertz CT molecular complexity index is 344. The quantitative estimate of drug-likeness (QED) is 0.639. The lowest BCUT2D eigenvalue weighted by atomic mass is 10.1. The van der Waals surface area contributed by atoms with Gasteiger partial charge in [-0.25, -0.2) is 4.79 Å². The van der Waals surface area contributed by atoms with Crippen LogP contribution in [0.15, 0.2) is 18.2 Å². The van der Waals surface area contributed by atoms with Crippen molar-refractivity contribution < 1.29 is 19.7 Å². The summed E-state index contributed by atoms with van der Waals surface area (Å²) < 4.78 is 4.68. The van der Waals surface area contributed by atoms with Gasteiger partial charge in [-0.15, -0.1) is 0 Å². The summed E-state index contributed by atoms with van der Waals surface area (Å²) in [5, 5.41) is 18.9. The van der Waals surface area contributed by atoms with Crippen molar-refractivity contribution in [1.82, 2.24) is 0 Å². The van der Waals surface area contributed by atoms with Crippen LogP contribution in [0.3, 0.4) is 0 Å². The Morgan fingerprint density at radius 3 is 2.47 bits per heavy atom. The molecule has 5 nitrogen and oxygen atoms in total. The lowest BCUT2D eigenvalue weighted by molar-refractivity contribution is -0.144. The molecule has 0 amide bonds. The zero-order chi connectivity index (χ0) is 11.4. The third-order valence-electron chi connectivity index (χ3n) is 1.91. The van der Waals surface area contributed by atoms with E-state index in [-0.39, 0.29) is 23.7 Å². The largest absolute Gasteiger partial charge is 0.507 e. The standard InChI is InChI=1S/C10H13NO4/c1-2-15-10(14)9(11)8-6(12)4-3-5-7(8)13/h3-5,9,12-13H,2,11H2,1H3/t9-/m0/s1. The van der Waals surface area contributed by atoms with Gasteiger partial charge in [0.05, 0.1) is 12.2 Å². The molecule has 1 aromatic rings. The van der Waals surface area contributed by atoms with Gasteiger partial charge in [0.25, 0.3) is 0 Å². The van der Waals surface area contributed by atoms with Crippen LogP contribution in [0, 0.1) is 0 Å². The van der Waals surface area contributed by atoms with Crippen molar-refractivity contribution in [3.05, 3.63) is 23.8 Å². The van der Waals surface area contributed by atoms with Crippen molar-refractivity contribution in [2.45, 2.75) is 13.0 Å². The number of rotatable bonds is 3. The van der Waals surface area contributed by atoms with Gasteiger partial charge in [0, 0.05) is 0 Å². The maximum absolute atomic E-state index is 11.3. The Kier molecular flexibility index (Phi) is 3.51. The van der Waals surface area contributed by atoms with E-state index in [9.17, 15) is 15.0 Å². The molecule has 0 unspecified atom stereocenters. The molecule has 0 saturated carbocycles. The molecule has 0 aliphatic heterocycles. The fraction of sp³-hybridized carbons (Fsp3) is 0.300. The average molecular weight is 211 g/mol. The van der Waals surface area contributed by atoms with Crippen molar-refractivity contribution in [3.8, 4) is 11.5 Å². The summed E-state index contributed by atoms with van der Waals surface area (Å²) in [7, 11) is 0. The van der Waals surface area contributed by atoms with Crippen molar-refractivity contribution in [2.24, 2.45) is 5.73 Å². The zero-order valence-electron chi connectivity index (χ0n) is 8.30. The van der Waals surface area contributed by atoms with E-state index < -0.39 is 12.0 Å². The van der Waals surface area contributed by atoms with Crippen LogP contribution in [0.25, 0.3) is 0 Å². The summed E-state index contributed by atoms with van der Waals surface area (Å²) >= 11 is 0. The first-order chi connectivity index (χ1) is 7.07. The molecular weight excluding hydrogens is 198 g/mol. The molecule has 0 saturated heterocycles. The Balaban J connectivity index is 3.00. The van der Waals surface area contributed by atoms with Crippen molar-refractivity contribution >= 4 is 5.97 Å². The van der Waals surface area contributed by atoms with Crippen molar-refractivity contribution in [3.63, 3.8) is 0 Å². The average Bonchev–Trinajstić information content (AvgIpc) is 2.17.